The van der Waals surface area contributed by atoms with Crippen molar-refractivity contribution in [2.45, 2.75) is 19.9 Å². The maximum Gasteiger partial charge on any atom is 0.304 e. The SMILES string of the molecule is CC(C)N(c1ccc(N)cn1)S(=O)(=O)N(C)C. The second-order valence-corrected chi connectivity index (χ2v) is 6.15. The fraction of sp³-hybridized carbons (Fsp3) is 0.500. The Hall–Kier alpha value is -1.34. The van der Waals surface area contributed by atoms with Crippen LogP contribution in [0.25, 0.3) is 0 Å². The van der Waals surface area contributed by atoms with Gasteiger partial charge in [-0.2, -0.15) is 12.7 Å². The molecule has 1 aromatic rings. The third kappa shape index (κ3) is 2.86. The monoisotopic (exact) mass is 258 g/mol. The van der Waals surface area contributed by atoms with Gasteiger partial charge in [0, 0.05) is 20.1 Å². The topological polar surface area (TPSA) is 79.5 Å². The minimum Gasteiger partial charge on any atom is -0.397 e. The van der Waals surface area contributed by atoms with Gasteiger partial charge >= 0.3 is 10.2 Å². The molecule has 0 saturated heterocycles. The summed E-state index contributed by atoms with van der Waals surface area (Å²) in [5.74, 6) is 0.364. The van der Waals surface area contributed by atoms with Crippen LogP contribution in [0.15, 0.2) is 18.3 Å². The van der Waals surface area contributed by atoms with Crippen LogP contribution in [-0.4, -0.2) is 37.8 Å². The van der Waals surface area contributed by atoms with Gasteiger partial charge in [-0.25, -0.2) is 9.29 Å². The first-order chi connectivity index (χ1) is 7.76. The summed E-state index contributed by atoms with van der Waals surface area (Å²) >= 11 is 0. The summed E-state index contributed by atoms with van der Waals surface area (Å²) in [6, 6.07) is 3.00. The Morgan fingerprint density at radius 2 is 1.88 bits per heavy atom. The number of rotatable bonds is 4. The summed E-state index contributed by atoms with van der Waals surface area (Å²) in [7, 11) is -0.565. The number of anilines is 2. The number of pyridine rings is 1. The van der Waals surface area contributed by atoms with Gasteiger partial charge in [0.25, 0.3) is 0 Å². The van der Waals surface area contributed by atoms with Crippen LogP contribution in [0.3, 0.4) is 0 Å². The number of hydrogen-bond donors (Lipinski definition) is 1. The van der Waals surface area contributed by atoms with Gasteiger partial charge in [0.15, 0.2) is 0 Å². The van der Waals surface area contributed by atoms with Gasteiger partial charge in [0.1, 0.15) is 5.82 Å². The number of aromatic nitrogens is 1. The van der Waals surface area contributed by atoms with Crippen molar-refractivity contribution in [3.63, 3.8) is 0 Å². The quantitative estimate of drug-likeness (QED) is 0.861. The minimum atomic E-state index is -3.54. The lowest BCUT2D eigenvalue weighted by atomic mass is 10.3. The Bertz CT molecular complexity index is 468. The molecule has 0 aromatic carbocycles. The normalized spacial score (nSPS) is 12.1. The molecule has 0 atom stereocenters. The van der Waals surface area contributed by atoms with Crippen molar-refractivity contribution in [1.29, 1.82) is 0 Å². The first-order valence-electron chi connectivity index (χ1n) is 5.20. The van der Waals surface area contributed by atoms with E-state index in [-0.39, 0.29) is 6.04 Å². The molecule has 1 aromatic heterocycles. The Kier molecular flexibility index (Phi) is 3.94. The van der Waals surface area contributed by atoms with Crippen molar-refractivity contribution >= 4 is 21.7 Å². The average Bonchev–Trinajstić information content (AvgIpc) is 2.20. The highest BCUT2D eigenvalue weighted by molar-refractivity contribution is 7.90. The summed E-state index contributed by atoms with van der Waals surface area (Å²) < 4.78 is 26.7. The smallest absolute Gasteiger partial charge is 0.304 e. The van der Waals surface area contributed by atoms with Gasteiger partial charge < -0.3 is 5.73 Å². The summed E-state index contributed by atoms with van der Waals surface area (Å²) in [4.78, 5) is 4.04. The van der Waals surface area contributed by atoms with Crippen molar-refractivity contribution in [3.8, 4) is 0 Å². The predicted octanol–water partition coefficient (Wildman–Crippen LogP) is 0.685. The van der Waals surface area contributed by atoms with E-state index in [2.05, 4.69) is 4.98 Å². The first kappa shape index (κ1) is 13.7. The Morgan fingerprint density at radius 3 is 2.24 bits per heavy atom. The molecule has 0 bridgehead atoms. The molecule has 0 aliphatic carbocycles. The Labute approximate surface area is 102 Å². The van der Waals surface area contributed by atoms with Crippen molar-refractivity contribution in [1.82, 2.24) is 9.29 Å². The summed E-state index contributed by atoms with van der Waals surface area (Å²) in [6.07, 6.45) is 1.44. The lowest BCUT2D eigenvalue weighted by Gasteiger charge is -2.29. The predicted molar refractivity (Wildman–Crippen MR) is 68.9 cm³/mol. The van der Waals surface area contributed by atoms with Crippen molar-refractivity contribution in [2.75, 3.05) is 24.1 Å². The van der Waals surface area contributed by atoms with Crippen LogP contribution < -0.4 is 10.0 Å². The maximum atomic E-state index is 12.1. The molecule has 0 fully saturated rings. The van der Waals surface area contributed by atoms with Crippen molar-refractivity contribution in [3.05, 3.63) is 18.3 Å². The van der Waals surface area contributed by atoms with Crippen LogP contribution in [-0.2, 0) is 10.2 Å². The fourth-order valence-electron chi connectivity index (χ4n) is 1.35. The average molecular weight is 258 g/mol. The Morgan fingerprint density at radius 1 is 1.29 bits per heavy atom. The zero-order chi connectivity index (χ0) is 13.2. The van der Waals surface area contributed by atoms with E-state index in [9.17, 15) is 8.42 Å². The van der Waals surface area contributed by atoms with E-state index in [1.807, 2.05) is 0 Å². The van der Waals surface area contributed by atoms with E-state index in [1.165, 1.54) is 24.6 Å². The van der Waals surface area contributed by atoms with Crippen LogP contribution in [0, 0.1) is 0 Å². The van der Waals surface area contributed by atoms with Gasteiger partial charge in [0.05, 0.1) is 11.9 Å². The standard InChI is InChI=1S/C10H18N4O2S/c1-8(2)14(17(15,16)13(3)4)10-6-5-9(11)7-12-10/h5-8H,11H2,1-4H3. The van der Waals surface area contributed by atoms with E-state index in [0.717, 1.165) is 4.31 Å². The third-order valence-electron chi connectivity index (χ3n) is 2.18. The molecule has 0 saturated carbocycles. The molecule has 0 spiro atoms. The maximum absolute atomic E-state index is 12.1. The number of hydrogen-bond acceptors (Lipinski definition) is 4. The summed E-state index contributed by atoms with van der Waals surface area (Å²) in [6.45, 7) is 3.58. The van der Waals surface area contributed by atoms with Gasteiger partial charge in [-0.3, -0.25) is 0 Å². The molecular weight excluding hydrogens is 240 g/mol. The molecule has 0 amide bonds. The molecule has 7 heteroatoms. The minimum absolute atomic E-state index is 0.224. The zero-order valence-electron chi connectivity index (χ0n) is 10.5. The van der Waals surface area contributed by atoms with Crippen LogP contribution in [0.1, 0.15) is 13.8 Å². The van der Waals surface area contributed by atoms with E-state index < -0.39 is 10.2 Å². The van der Waals surface area contributed by atoms with Crippen LogP contribution in [0.2, 0.25) is 0 Å². The molecule has 0 aliphatic heterocycles. The molecule has 96 valence electrons. The number of nitrogens with two attached hydrogens (primary N) is 1. The molecule has 1 rings (SSSR count). The third-order valence-corrected chi connectivity index (χ3v) is 4.20. The molecular formula is C10H18N4O2S. The number of nitrogens with zero attached hydrogens (tertiary/aromatic N) is 3. The summed E-state index contributed by atoms with van der Waals surface area (Å²) in [5.41, 5.74) is 6.03. The molecule has 17 heavy (non-hydrogen) atoms. The Balaban J connectivity index is 3.24. The van der Waals surface area contributed by atoms with Crippen LogP contribution in [0.4, 0.5) is 11.5 Å². The lowest BCUT2D eigenvalue weighted by molar-refractivity contribution is 0.509. The van der Waals surface area contributed by atoms with Gasteiger partial charge in [-0.1, -0.05) is 0 Å². The fourth-order valence-corrected chi connectivity index (χ4v) is 2.58. The molecule has 2 N–H and O–H groups in total. The van der Waals surface area contributed by atoms with E-state index in [0.29, 0.717) is 11.5 Å². The van der Waals surface area contributed by atoms with Crippen molar-refractivity contribution in [2.24, 2.45) is 0 Å². The molecule has 1 heterocycles. The van der Waals surface area contributed by atoms with Crippen LogP contribution >= 0.6 is 0 Å². The van der Waals surface area contributed by atoms with Gasteiger partial charge in [-0.15, -0.1) is 0 Å². The second kappa shape index (κ2) is 4.89. The highest BCUT2D eigenvalue weighted by Gasteiger charge is 2.28. The molecule has 0 aliphatic rings. The lowest BCUT2D eigenvalue weighted by Crippen LogP contribution is -2.44. The molecule has 6 nitrogen and oxygen atoms in total. The van der Waals surface area contributed by atoms with Crippen LogP contribution in [0.5, 0.6) is 0 Å². The van der Waals surface area contributed by atoms with E-state index in [4.69, 9.17) is 5.73 Å². The highest BCUT2D eigenvalue weighted by Crippen LogP contribution is 2.20. The molecule has 0 unspecified atom stereocenters. The van der Waals surface area contributed by atoms with E-state index >= 15 is 0 Å². The van der Waals surface area contributed by atoms with Gasteiger partial charge in [0.2, 0.25) is 0 Å². The molecule has 0 radical (unpaired) electrons. The largest absolute Gasteiger partial charge is 0.397 e. The number of nitrogen functional groups attached to an aromatic ring is 1. The zero-order valence-corrected chi connectivity index (χ0v) is 11.3. The van der Waals surface area contributed by atoms with Crippen molar-refractivity contribution < 1.29 is 8.42 Å². The first-order valence-corrected chi connectivity index (χ1v) is 6.60. The second-order valence-electron chi connectivity index (χ2n) is 4.13. The van der Waals surface area contributed by atoms with Gasteiger partial charge in [-0.05, 0) is 26.0 Å². The highest BCUT2D eigenvalue weighted by atomic mass is 32.2. The van der Waals surface area contributed by atoms with E-state index in [1.54, 1.807) is 26.0 Å². The summed E-state index contributed by atoms with van der Waals surface area (Å²) in [5, 5.41) is 0.